The molecule has 0 atom stereocenters. The molecule has 1 amide bonds. The summed E-state index contributed by atoms with van der Waals surface area (Å²) in [4.78, 5) is 22.8. The van der Waals surface area contributed by atoms with Crippen LogP contribution in [-0.4, -0.2) is 30.7 Å². The van der Waals surface area contributed by atoms with E-state index in [1.54, 1.807) is 25.3 Å². The standard InChI is InChI=1S/C19H19NO5/c1-3-25-16-10-4-13(12-17(16)24-2)5-11-18(21)20-15-8-6-14(7-9-15)19(22)23/h4-12H,3H2,1-2H3,(H,20,21)(H,22,23)/b11-5-. The Balaban J connectivity index is 2.03. The van der Waals surface area contributed by atoms with E-state index in [2.05, 4.69) is 5.32 Å². The van der Waals surface area contributed by atoms with Crippen LogP contribution in [-0.2, 0) is 4.79 Å². The van der Waals surface area contributed by atoms with Crippen LogP contribution in [0.25, 0.3) is 6.08 Å². The lowest BCUT2D eigenvalue weighted by Crippen LogP contribution is -2.08. The lowest BCUT2D eigenvalue weighted by atomic mass is 10.2. The molecule has 0 aliphatic rings. The van der Waals surface area contributed by atoms with E-state index in [1.807, 2.05) is 13.0 Å². The molecule has 130 valence electrons. The molecule has 0 aliphatic heterocycles. The number of amides is 1. The molecule has 0 aromatic heterocycles. The van der Waals surface area contributed by atoms with E-state index < -0.39 is 5.97 Å². The zero-order valence-electron chi connectivity index (χ0n) is 14.0. The first-order chi connectivity index (χ1) is 12.0. The number of hydrogen-bond donors (Lipinski definition) is 2. The van der Waals surface area contributed by atoms with Gasteiger partial charge in [0.25, 0.3) is 0 Å². The third kappa shape index (κ3) is 5.10. The van der Waals surface area contributed by atoms with Crippen molar-refractivity contribution in [2.45, 2.75) is 6.92 Å². The van der Waals surface area contributed by atoms with Gasteiger partial charge in [-0.25, -0.2) is 4.79 Å². The molecule has 6 nitrogen and oxygen atoms in total. The quantitative estimate of drug-likeness (QED) is 0.754. The van der Waals surface area contributed by atoms with Crippen molar-refractivity contribution < 1.29 is 24.2 Å². The molecule has 0 aliphatic carbocycles. The molecule has 2 N–H and O–H groups in total. The topological polar surface area (TPSA) is 84.9 Å². The fraction of sp³-hybridized carbons (Fsp3) is 0.158. The SMILES string of the molecule is CCOc1ccc(/C=C\C(=O)Nc2ccc(C(=O)O)cc2)cc1OC. The number of methoxy groups -OCH3 is 1. The van der Waals surface area contributed by atoms with Gasteiger partial charge in [-0.15, -0.1) is 0 Å². The number of nitrogens with one attached hydrogen (secondary N) is 1. The number of carbonyl (C=O) groups is 2. The minimum absolute atomic E-state index is 0.162. The second-order valence-corrected chi connectivity index (χ2v) is 5.05. The molecule has 2 aromatic carbocycles. The molecular formula is C19H19NO5. The fourth-order valence-electron chi connectivity index (χ4n) is 2.11. The van der Waals surface area contributed by atoms with Crippen molar-refractivity contribution in [1.82, 2.24) is 0 Å². The minimum atomic E-state index is -1.01. The Bertz CT molecular complexity index is 781. The van der Waals surface area contributed by atoms with E-state index in [1.165, 1.54) is 30.3 Å². The highest BCUT2D eigenvalue weighted by molar-refractivity contribution is 6.02. The second-order valence-electron chi connectivity index (χ2n) is 5.05. The monoisotopic (exact) mass is 341 g/mol. The number of hydrogen-bond acceptors (Lipinski definition) is 4. The maximum absolute atomic E-state index is 12.0. The van der Waals surface area contributed by atoms with Gasteiger partial charge < -0.3 is 19.9 Å². The number of anilines is 1. The largest absolute Gasteiger partial charge is 0.493 e. The summed E-state index contributed by atoms with van der Waals surface area (Å²) in [6, 6.07) is 11.3. The van der Waals surface area contributed by atoms with Gasteiger partial charge in [0.1, 0.15) is 0 Å². The van der Waals surface area contributed by atoms with Crippen LogP contribution in [0.4, 0.5) is 5.69 Å². The molecule has 0 heterocycles. The predicted molar refractivity (Wildman–Crippen MR) is 95.2 cm³/mol. The Morgan fingerprint density at radius 3 is 2.44 bits per heavy atom. The summed E-state index contributed by atoms with van der Waals surface area (Å²) in [5.74, 6) is -0.100. The number of carboxylic acids is 1. The van der Waals surface area contributed by atoms with E-state index in [0.29, 0.717) is 23.8 Å². The van der Waals surface area contributed by atoms with Crippen molar-refractivity contribution in [2.75, 3.05) is 19.0 Å². The number of carbonyl (C=O) groups excluding carboxylic acids is 1. The Morgan fingerprint density at radius 2 is 1.84 bits per heavy atom. The van der Waals surface area contributed by atoms with Gasteiger partial charge in [0, 0.05) is 11.8 Å². The van der Waals surface area contributed by atoms with Crippen molar-refractivity contribution in [3.63, 3.8) is 0 Å². The molecule has 6 heteroatoms. The zero-order chi connectivity index (χ0) is 18.2. The van der Waals surface area contributed by atoms with E-state index >= 15 is 0 Å². The molecule has 0 fully saturated rings. The van der Waals surface area contributed by atoms with Crippen molar-refractivity contribution >= 4 is 23.6 Å². The maximum Gasteiger partial charge on any atom is 0.335 e. The zero-order valence-corrected chi connectivity index (χ0v) is 14.0. The fourth-order valence-corrected chi connectivity index (χ4v) is 2.11. The summed E-state index contributed by atoms with van der Waals surface area (Å²) < 4.78 is 10.7. The smallest absolute Gasteiger partial charge is 0.335 e. The van der Waals surface area contributed by atoms with Crippen LogP contribution in [0, 0.1) is 0 Å². The lowest BCUT2D eigenvalue weighted by molar-refractivity contribution is -0.111. The first kappa shape index (κ1) is 18.1. The molecule has 2 aromatic rings. The molecule has 0 unspecified atom stereocenters. The summed E-state index contributed by atoms with van der Waals surface area (Å²) in [6.07, 6.45) is 3.04. The van der Waals surface area contributed by atoms with E-state index in [4.69, 9.17) is 14.6 Å². The van der Waals surface area contributed by atoms with Gasteiger partial charge in [0.05, 0.1) is 19.3 Å². The Kier molecular flexibility index (Phi) is 6.17. The number of ether oxygens (including phenoxy) is 2. The molecule has 25 heavy (non-hydrogen) atoms. The van der Waals surface area contributed by atoms with Gasteiger partial charge in [-0.3, -0.25) is 4.79 Å². The Morgan fingerprint density at radius 1 is 1.12 bits per heavy atom. The van der Waals surface area contributed by atoms with E-state index in [9.17, 15) is 9.59 Å². The number of aromatic carboxylic acids is 1. The van der Waals surface area contributed by atoms with Gasteiger partial charge in [-0.1, -0.05) is 6.07 Å². The minimum Gasteiger partial charge on any atom is -0.493 e. The highest BCUT2D eigenvalue weighted by atomic mass is 16.5. The molecule has 0 saturated carbocycles. The van der Waals surface area contributed by atoms with Crippen LogP contribution in [0.2, 0.25) is 0 Å². The molecule has 0 saturated heterocycles. The lowest BCUT2D eigenvalue weighted by Gasteiger charge is -2.09. The highest BCUT2D eigenvalue weighted by Crippen LogP contribution is 2.28. The summed E-state index contributed by atoms with van der Waals surface area (Å²) >= 11 is 0. The van der Waals surface area contributed by atoms with Gasteiger partial charge in [0.15, 0.2) is 11.5 Å². The van der Waals surface area contributed by atoms with E-state index in [0.717, 1.165) is 5.56 Å². The first-order valence-electron chi connectivity index (χ1n) is 7.66. The number of rotatable bonds is 7. The van der Waals surface area contributed by atoms with Crippen LogP contribution in [0.5, 0.6) is 11.5 Å². The molecule has 2 rings (SSSR count). The van der Waals surface area contributed by atoms with Crippen molar-refractivity contribution in [3.8, 4) is 11.5 Å². The van der Waals surface area contributed by atoms with Crippen LogP contribution in [0.3, 0.4) is 0 Å². The molecule has 0 bridgehead atoms. The predicted octanol–water partition coefficient (Wildman–Crippen LogP) is 3.44. The van der Waals surface area contributed by atoms with Crippen molar-refractivity contribution in [2.24, 2.45) is 0 Å². The average Bonchev–Trinajstić information content (AvgIpc) is 2.61. The van der Waals surface area contributed by atoms with Crippen molar-refractivity contribution in [3.05, 3.63) is 59.7 Å². The third-order valence-corrected chi connectivity index (χ3v) is 3.31. The third-order valence-electron chi connectivity index (χ3n) is 3.31. The molecule has 0 radical (unpaired) electrons. The van der Waals surface area contributed by atoms with Crippen LogP contribution in [0.15, 0.2) is 48.5 Å². The van der Waals surface area contributed by atoms with Crippen molar-refractivity contribution in [1.29, 1.82) is 0 Å². The van der Waals surface area contributed by atoms with Crippen LogP contribution < -0.4 is 14.8 Å². The van der Waals surface area contributed by atoms with Gasteiger partial charge in [-0.05, 0) is 55.0 Å². The van der Waals surface area contributed by atoms with Gasteiger partial charge in [0.2, 0.25) is 5.91 Å². The summed E-state index contributed by atoms with van der Waals surface area (Å²) in [7, 11) is 1.55. The summed E-state index contributed by atoms with van der Waals surface area (Å²) in [5, 5.41) is 11.5. The van der Waals surface area contributed by atoms with Gasteiger partial charge in [-0.2, -0.15) is 0 Å². The molecule has 0 spiro atoms. The van der Waals surface area contributed by atoms with Crippen LogP contribution >= 0.6 is 0 Å². The number of benzene rings is 2. The Labute approximate surface area is 145 Å². The van der Waals surface area contributed by atoms with E-state index in [-0.39, 0.29) is 11.5 Å². The maximum atomic E-state index is 12.0. The highest BCUT2D eigenvalue weighted by Gasteiger charge is 2.05. The van der Waals surface area contributed by atoms with Crippen LogP contribution in [0.1, 0.15) is 22.8 Å². The van der Waals surface area contributed by atoms with Gasteiger partial charge >= 0.3 is 5.97 Å². The number of carboxylic acid groups (broad SMARTS) is 1. The Hall–Kier alpha value is -3.28. The summed E-state index contributed by atoms with van der Waals surface area (Å²) in [6.45, 7) is 2.43. The first-order valence-corrected chi connectivity index (χ1v) is 7.66. The normalized spacial score (nSPS) is 10.5. The summed E-state index contributed by atoms with van der Waals surface area (Å²) in [5.41, 5.74) is 1.47. The molecular weight excluding hydrogens is 322 g/mol. The second kappa shape index (κ2) is 8.54. The average molecular weight is 341 g/mol.